The number of ether oxygens (including phenoxy) is 2. The highest BCUT2D eigenvalue weighted by molar-refractivity contribution is 5.94. The van der Waals surface area contributed by atoms with Gasteiger partial charge in [-0.05, 0) is 24.6 Å². The SMILES string of the molecule is COC1CN(C(=O)c2ccc(C)cc2F)CC1OC. The Kier molecular flexibility index (Phi) is 4.17. The summed E-state index contributed by atoms with van der Waals surface area (Å²) < 4.78 is 24.3. The van der Waals surface area contributed by atoms with E-state index in [9.17, 15) is 9.18 Å². The number of rotatable bonds is 3. The van der Waals surface area contributed by atoms with Crippen molar-refractivity contribution in [2.75, 3.05) is 27.3 Å². The van der Waals surface area contributed by atoms with Crippen molar-refractivity contribution in [3.63, 3.8) is 0 Å². The average Bonchev–Trinajstić information content (AvgIpc) is 2.81. The van der Waals surface area contributed by atoms with Crippen LogP contribution in [0.2, 0.25) is 0 Å². The molecule has 1 aromatic carbocycles. The smallest absolute Gasteiger partial charge is 0.257 e. The minimum Gasteiger partial charge on any atom is -0.377 e. The molecule has 4 nitrogen and oxygen atoms in total. The number of halogens is 1. The summed E-state index contributed by atoms with van der Waals surface area (Å²) in [6.45, 7) is 2.62. The minimum atomic E-state index is -0.486. The first-order valence-electron chi connectivity index (χ1n) is 6.17. The van der Waals surface area contributed by atoms with E-state index in [1.807, 2.05) is 0 Å². The van der Waals surface area contributed by atoms with Crippen LogP contribution in [0.25, 0.3) is 0 Å². The third-order valence-corrected chi connectivity index (χ3v) is 3.46. The van der Waals surface area contributed by atoms with Crippen LogP contribution in [0.1, 0.15) is 15.9 Å². The van der Waals surface area contributed by atoms with Gasteiger partial charge in [0.05, 0.1) is 5.56 Å². The first-order chi connectivity index (χ1) is 9.06. The summed E-state index contributed by atoms with van der Waals surface area (Å²) in [5, 5.41) is 0. The Morgan fingerprint density at radius 3 is 2.32 bits per heavy atom. The molecule has 1 aliphatic rings. The molecule has 2 unspecified atom stereocenters. The monoisotopic (exact) mass is 267 g/mol. The molecule has 0 bridgehead atoms. The topological polar surface area (TPSA) is 38.8 Å². The maximum atomic E-state index is 13.8. The number of carbonyl (C=O) groups excluding carboxylic acids is 1. The number of aryl methyl sites for hydroxylation is 1. The number of carbonyl (C=O) groups is 1. The molecule has 0 radical (unpaired) electrons. The Morgan fingerprint density at radius 2 is 1.84 bits per heavy atom. The summed E-state index contributed by atoms with van der Waals surface area (Å²) in [4.78, 5) is 13.8. The second kappa shape index (κ2) is 5.67. The molecule has 2 atom stereocenters. The van der Waals surface area contributed by atoms with Gasteiger partial charge in [-0.15, -0.1) is 0 Å². The second-order valence-electron chi connectivity index (χ2n) is 4.74. The van der Waals surface area contributed by atoms with Gasteiger partial charge in [0, 0.05) is 27.3 Å². The summed E-state index contributed by atoms with van der Waals surface area (Å²) in [5.74, 6) is -0.807. The highest BCUT2D eigenvalue weighted by Crippen LogP contribution is 2.20. The van der Waals surface area contributed by atoms with Crippen LogP contribution in [0.15, 0.2) is 18.2 Å². The molecular formula is C14H18FNO3. The molecule has 1 aromatic rings. The summed E-state index contributed by atoms with van der Waals surface area (Å²) >= 11 is 0. The van der Waals surface area contributed by atoms with E-state index in [1.54, 1.807) is 32.1 Å². The van der Waals surface area contributed by atoms with Gasteiger partial charge in [-0.3, -0.25) is 4.79 Å². The Labute approximate surface area is 112 Å². The number of nitrogens with zero attached hydrogens (tertiary/aromatic N) is 1. The maximum absolute atomic E-state index is 13.8. The summed E-state index contributed by atoms with van der Waals surface area (Å²) in [5.41, 5.74) is 0.886. The second-order valence-corrected chi connectivity index (χ2v) is 4.74. The zero-order chi connectivity index (χ0) is 14.0. The van der Waals surface area contributed by atoms with Crippen molar-refractivity contribution in [1.29, 1.82) is 0 Å². The van der Waals surface area contributed by atoms with Gasteiger partial charge in [0.1, 0.15) is 18.0 Å². The first-order valence-corrected chi connectivity index (χ1v) is 6.17. The number of hydrogen-bond acceptors (Lipinski definition) is 3. The average molecular weight is 267 g/mol. The van der Waals surface area contributed by atoms with Crippen LogP contribution in [0.4, 0.5) is 4.39 Å². The Morgan fingerprint density at radius 1 is 1.26 bits per heavy atom. The third-order valence-electron chi connectivity index (χ3n) is 3.46. The van der Waals surface area contributed by atoms with E-state index in [2.05, 4.69) is 0 Å². The van der Waals surface area contributed by atoms with Crippen molar-refractivity contribution >= 4 is 5.91 Å². The Hall–Kier alpha value is -1.46. The molecule has 1 heterocycles. The molecule has 0 spiro atoms. The molecule has 5 heteroatoms. The molecule has 1 fully saturated rings. The number of methoxy groups -OCH3 is 2. The number of amides is 1. The van der Waals surface area contributed by atoms with E-state index in [-0.39, 0.29) is 23.7 Å². The first kappa shape index (κ1) is 14.0. The van der Waals surface area contributed by atoms with Gasteiger partial charge in [0.15, 0.2) is 0 Å². The van der Waals surface area contributed by atoms with Crippen molar-refractivity contribution < 1.29 is 18.7 Å². The predicted octanol–water partition coefficient (Wildman–Crippen LogP) is 1.62. The molecule has 1 amide bonds. The number of hydrogen-bond donors (Lipinski definition) is 0. The van der Waals surface area contributed by atoms with E-state index in [0.29, 0.717) is 13.1 Å². The lowest BCUT2D eigenvalue weighted by molar-refractivity contribution is -0.00461. The molecule has 104 valence electrons. The fourth-order valence-electron chi connectivity index (χ4n) is 2.33. The van der Waals surface area contributed by atoms with Crippen molar-refractivity contribution in [3.05, 3.63) is 35.1 Å². The largest absolute Gasteiger partial charge is 0.377 e. The number of likely N-dealkylation sites (tertiary alicyclic amines) is 1. The molecule has 1 saturated heterocycles. The van der Waals surface area contributed by atoms with Gasteiger partial charge >= 0.3 is 0 Å². The zero-order valence-corrected chi connectivity index (χ0v) is 11.4. The fraction of sp³-hybridized carbons (Fsp3) is 0.500. The summed E-state index contributed by atoms with van der Waals surface area (Å²) in [7, 11) is 3.16. The van der Waals surface area contributed by atoms with E-state index >= 15 is 0 Å². The normalized spacial score (nSPS) is 22.8. The fourth-order valence-corrected chi connectivity index (χ4v) is 2.33. The quantitative estimate of drug-likeness (QED) is 0.835. The molecule has 0 N–H and O–H groups in total. The van der Waals surface area contributed by atoms with Gasteiger partial charge in [0.2, 0.25) is 0 Å². The predicted molar refractivity (Wildman–Crippen MR) is 68.6 cm³/mol. The lowest BCUT2D eigenvalue weighted by atomic mass is 10.1. The lowest BCUT2D eigenvalue weighted by Gasteiger charge is -2.16. The van der Waals surface area contributed by atoms with Crippen LogP contribution < -0.4 is 0 Å². The molecule has 2 rings (SSSR count). The molecule has 0 aliphatic carbocycles. The van der Waals surface area contributed by atoms with Crippen LogP contribution in [0, 0.1) is 12.7 Å². The van der Waals surface area contributed by atoms with Crippen LogP contribution in [0.3, 0.4) is 0 Å². The lowest BCUT2D eigenvalue weighted by Crippen LogP contribution is -2.30. The highest BCUT2D eigenvalue weighted by Gasteiger charge is 2.36. The van der Waals surface area contributed by atoms with Crippen molar-refractivity contribution in [3.8, 4) is 0 Å². The van der Waals surface area contributed by atoms with Crippen LogP contribution >= 0.6 is 0 Å². The van der Waals surface area contributed by atoms with Crippen LogP contribution in [0.5, 0.6) is 0 Å². The van der Waals surface area contributed by atoms with Gasteiger partial charge in [-0.1, -0.05) is 6.07 Å². The summed E-state index contributed by atoms with van der Waals surface area (Å²) in [6, 6.07) is 4.62. The standard InChI is InChI=1S/C14H18FNO3/c1-9-4-5-10(11(15)6-9)14(17)16-7-12(18-2)13(8-16)19-3/h4-6,12-13H,7-8H2,1-3H3. The van der Waals surface area contributed by atoms with Crippen molar-refractivity contribution in [2.45, 2.75) is 19.1 Å². The van der Waals surface area contributed by atoms with Gasteiger partial charge in [0.25, 0.3) is 5.91 Å². The molecule has 0 saturated carbocycles. The molecule has 1 aliphatic heterocycles. The van der Waals surface area contributed by atoms with E-state index in [1.165, 1.54) is 12.1 Å². The zero-order valence-electron chi connectivity index (χ0n) is 11.4. The maximum Gasteiger partial charge on any atom is 0.257 e. The number of benzene rings is 1. The van der Waals surface area contributed by atoms with Crippen molar-refractivity contribution in [2.24, 2.45) is 0 Å². The Balaban J connectivity index is 2.17. The molecular weight excluding hydrogens is 249 g/mol. The van der Waals surface area contributed by atoms with Gasteiger partial charge < -0.3 is 14.4 Å². The van der Waals surface area contributed by atoms with Crippen molar-refractivity contribution in [1.82, 2.24) is 4.90 Å². The third kappa shape index (κ3) is 2.77. The molecule has 19 heavy (non-hydrogen) atoms. The molecule has 0 aromatic heterocycles. The van der Waals surface area contributed by atoms with E-state index < -0.39 is 5.82 Å². The Bertz CT molecular complexity index is 466. The van der Waals surface area contributed by atoms with Crippen LogP contribution in [-0.2, 0) is 9.47 Å². The highest BCUT2D eigenvalue weighted by atomic mass is 19.1. The van der Waals surface area contributed by atoms with E-state index in [4.69, 9.17) is 9.47 Å². The van der Waals surface area contributed by atoms with Gasteiger partial charge in [-0.25, -0.2) is 4.39 Å². The van der Waals surface area contributed by atoms with E-state index in [0.717, 1.165) is 5.56 Å². The summed E-state index contributed by atoms with van der Waals surface area (Å²) in [6.07, 6.45) is -0.329. The van der Waals surface area contributed by atoms with Crippen LogP contribution in [-0.4, -0.2) is 50.3 Å². The van der Waals surface area contributed by atoms with Gasteiger partial charge in [-0.2, -0.15) is 0 Å². The minimum absolute atomic E-state index is 0.0946.